The number of nitrogens with zero attached hydrogens (tertiary/aromatic N) is 1. The molecule has 0 saturated carbocycles. The molecule has 1 unspecified atom stereocenters. The Labute approximate surface area is 110 Å². The number of benzene rings is 1. The molecule has 1 aromatic carbocycles. The number of aliphatic hydroxyl groups excluding tert-OH is 1. The fourth-order valence-corrected chi connectivity index (χ4v) is 1.86. The van der Waals surface area contributed by atoms with Crippen molar-refractivity contribution in [2.24, 2.45) is 0 Å². The van der Waals surface area contributed by atoms with Gasteiger partial charge in [-0.2, -0.15) is 0 Å². The minimum absolute atomic E-state index is 0.0293. The fraction of sp³-hybridized carbons (Fsp3) is 0.214. The lowest BCUT2D eigenvalue weighted by molar-refractivity contribution is -0.116. The highest BCUT2D eigenvalue weighted by Crippen LogP contribution is 2.15. The normalized spacial score (nSPS) is 12.2. The smallest absolute Gasteiger partial charge is 0.244 e. The van der Waals surface area contributed by atoms with E-state index in [1.54, 1.807) is 42.0 Å². The molecule has 0 saturated heterocycles. The minimum Gasteiger partial charge on any atom is -0.387 e. The van der Waals surface area contributed by atoms with Crippen molar-refractivity contribution >= 4 is 11.6 Å². The van der Waals surface area contributed by atoms with Gasteiger partial charge in [-0.1, -0.05) is 12.1 Å². The van der Waals surface area contributed by atoms with E-state index in [4.69, 9.17) is 0 Å². The SMILES string of the molecule is CC(O)c1cccn1CC(=O)Nc1ccccc1F. The Balaban J connectivity index is 2.06. The number of amides is 1. The monoisotopic (exact) mass is 262 g/mol. The number of rotatable bonds is 4. The summed E-state index contributed by atoms with van der Waals surface area (Å²) in [4.78, 5) is 11.8. The maximum absolute atomic E-state index is 13.4. The van der Waals surface area contributed by atoms with Gasteiger partial charge >= 0.3 is 0 Å². The van der Waals surface area contributed by atoms with Crippen molar-refractivity contribution in [1.29, 1.82) is 0 Å². The van der Waals surface area contributed by atoms with Crippen molar-refractivity contribution in [2.45, 2.75) is 19.6 Å². The molecule has 0 aliphatic heterocycles. The van der Waals surface area contributed by atoms with Crippen LogP contribution in [0.2, 0.25) is 0 Å². The summed E-state index contributed by atoms with van der Waals surface area (Å²) in [7, 11) is 0. The molecule has 1 heterocycles. The Morgan fingerprint density at radius 2 is 2.11 bits per heavy atom. The van der Waals surface area contributed by atoms with Crippen molar-refractivity contribution in [1.82, 2.24) is 4.57 Å². The maximum Gasteiger partial charge on any atom is 0.244 e. The van der Waals surface area contributed by atoms with Crippen LogP contribution in [-0.4, -0.2) is 15.6 Å². The molecule has 19 heavy (non-hydrogen) atoms. The first kappa shape index (κ1) is 13.3. The molecular weight excluding hydrogens is 247 g/mol. The molecule has 2 aromatic rings. The summed E-state index contributed by atoms with van der Waals surface area (Å²) < 4.78 is 15.0. The number of hydrogen-bond acceptors (Lipinski definition) is 2. The van der Waals surface area contributed by atoms with Crippen LogP contribution in [0.25, 0.3) is 0 Å². The predicted octanol–water partition coefficient (Wildman–Crippen LogP) is 2.32. The van der Waals surface area contributed by atoms with Crippen molar-refractivity contribution < 1.29 is 14.3 Å². The number of anilines is 1. The van der Waals surface area contributed by atoms with E-state index in [1.165, 1.54) is 12.1 Å². The van der Waals surface area contributed by atoms with Gasteiger partial charge in [0.2, 0.25) is 5.91 Å². The van der Waals surface area contributed by atoms with E-state index in [1.807, 2.05) is 0 Å². The highest BCUT2D eigenvalue weighted by molar-refractivity contribution is 5.90. The number of carbonyl (C=O) groups is 1. The summed E-state index contributed by atoms with van der Waals surface area (Å²) in [5.41, 5.74) is 0.793. The number of hydrogen-bond donors (Lipinski definition) is 2. The van der Waals surface area contributed by atoms with Gasteiger partial charge in [0.15, 0.2) is 0 Å². The maximum atomic E-state index is 13.4. The third-order valence-electron chi connectivity index (χ3n) is 2.75. The van der Waals surface area contributed by atoms with Gasteiger partial charge in [0, 0.05) is 11.9 Å². The van der Waals surface area contributed by atoms with Crippen LogP contribution in [0.15, 0.2) is 42.6 Å². The van der Waals surface area contributed by atoms with Gasteiger partial charge in [-0.3, -0.25) is 4.79 Å². The number of carbonyl (C=O) groups excluding carboxylic acids is 1. The average Bonchev–Trinajstić information content (AvgIpc) is 2.80. The molecule has 2 rings (SSSR count). The topological polar surface area (TPSA) is 54.3 Å². The van der Waals surface area contributed by atoms with Gasteiger partial charge in [0.25, 0.3) is 0 Å². The van der Waals surface area contributed by atoms with E-state index in [-0.39, 0.29) is 18.1 Å². The Bertz CT molecular complexity index is 578. The van der Waals surface area contributed by atoms with Crippen LogP contribution >= 0.6 is 0 Å². The lowest BCUT2D eigenvalue weighted by Crippen LogP contribution is -2.20. The zero-order valence-electron chi connectivity index (χ0n) is 10.5. The summed E-state index contributed by atoms with van der Waals surface area (Å²) in [5.74, 6) is -0.817. The Morgan fingerprint density at radius 1 is 1.37 bits per heavy atom. The van der Waals surface area contributed by atoms with Crippen molar-refractivity contribution in [3.63, 3.8) is 0 Å². The largest absolute Gasteiger partial charge is 0.387 e. The summed E-state index contributed by atoms with van der Waals surface area (Å²) in [6, 6.07) is 9.47. The molecule has 0 aliphatic carbocycles. The van der Waals surface area contributed by atoms with Crippen LogP contribution in [0.3, 0.4) is 0 Å². The molecule has 2 N–H and O–H groups in total. The lowest BCUT2D eigenvalue weighted by Gasteiger charge is -2.11. The second-order valence-corrected chi connectivity index (χ2v) is 4.26. The zero-order chi connectivity index (χ0) is 13.8. The molecule has 5 heteroatoms. The van der Waals surface area contributed by atoms with Crippen LogP contribution < -0.4 is 5.32 Å². The van der Waals surface area contributed by atoms with Gasteiger partial charge in [-0.25, -0.2) is 4.39 Å². The van der Waals surface area contributed by atoms with E-state index in [9.17, 15) is 14.3 Å². The molecule has 1 atom stereocenters. The number of para-hydroxylation sites is 1. The van der Waals surface area contributed by atoms with Gasteiger partial charge in [0.1, 0.15) is 12.4 Å². The summed E-state index contributed by atoms with van der Waals surface area (Å²) in [6.45, 7) is 1.65. The highest BCUT2D eigenvalue weighted by atomic mass is 19.1. The van der Waals surface area contributed by atoms with Gasteiger partial charge < -0.3 is 15.0 Å². The third kappa shape index (κ3) is 3.20. The Kier molecular flexibility index (Phi) is 3.97. The van der Waals surface area contributed by atoms with Crippen molar-refractivity contribution in [2.75, 3.05) is 5.32 Å². The Morgan fingerprint density at radius 3 is 2.79 bits per heavy atom. The molecule has 100 valence electrons. The van der Waals surface area contributed by atoms with Gasteiger partial charge in [-0.05, 0) is 31.2 Å². The molecule has 4 nitrogen and oxygen atoms in total. The summed E-state index contributed by atoms with van der Waals surface area (Å²) >= 11 is 0. The second-order valence-electron chi connectivity index (χ2n) is 4.26. The molecule has 0 aliphatic rings. The number of halogens is 1. The van der Waals surface area contributed by atoms with Crippen LogP contribution in [0.1, 0.15) is 18.7 Å². The molecule has 0 fully saturated rings. The van der Waals surface area contributed by atoms with E-state index >= 15 is 0 Å². The van der Waals surface area contributed by atoms with Gasteiger partial charge in [0.05, 0.1) is 11.8 Å². The summed E-state index contributed by atoms with van der Waals surface area (Å²) in [6.07, 6.45) is 1.04. The second kappa shape index (κ2) is 5.67. The van der Waals surface area contributed by atoms with Crippen molar-refractivity contribution in [3.05, 3.63) is 54.1 Å². The quantitative estimate of drug-likeness (QED) is 0.888. The van der Waals surface area contributed by atoms with E-state index in [2.05, 4.69) is 5.32 Å². The van der Waals surface area contributed by atoms with E-state index in [0.717, 1.165) is 0 Å². The fourth-order valence-electron chi connectivity index (χ4n) is 1.86. The van der Waals surface area contributed by atoms with E-state index < -0.39 is 11.9 Å². The third-order valence-corrected chi connectivity index (χ3v) is 2.75. The average molecular weight is 262 g/mol. The predicted molar refractivity (Wildman–Crippen MR) is 70.1 cm³/mol. The first-order valence-corrected chi connectivity index (χ1v) is 5.95. The highest BCUT2D eigenvalue weighted by Gasteiger charge is 2.11. The number of aromatic nitrogens is 1. The standard InChI is InChI=1S/C14H15FN2O2/c1-10(18)13-7-4-8-17(13)9-14(19)16-12-6-3-2-5-11(12)15/h2-8,10,18H,9H2,1H3,(H,16,19). The van der Waals surface area contributed by atoms with Crippen molar-refractivity contribution in [3.8, 4) is 0 Å². The Hall–Kier alpha value is -2.14. The van der Waals surface area contributed by atoms with E-state index in [0.29, 0.717) is 5.69 Å². The first-order chi connectivity index (χ1) is 9.08. The molecule has 0 radical (unpaired) electrons. The lowest BCUT2D eigenvalue weighted by atomic mass is 10.3. The zero-order valence-corrected chi connectivity index (χ0v) is 10.5. The van der Waals surface area contributed by atoms with Crippen LogP contribution in [0.4, 0.5) is 10.1 Å². The molecule has 0 spiro atoms. The van der Waals surface area contributed by atoms with Crippen LogP contribution in [0.5, 0.6) is 0 Å². The molecular formula is C14H15FN2O2. The first-order valence-electron chi connectivity index (χ1n) is 5.95. The molecule has 0 bridgehead atoms. The molecule has 1 amide bonds. The van der Waals surface area contributed by atoms with Crippen LogP contribution in [0, 0.1) is 5.82 Å². The summed E-state index contributed by atoms with van der Waals surface area (Å²) in [5, 5.41) is 12.0. The molecule has 1 aromatic heterocycles. The minimum atomic E-state index is -0.656. The van der Waals surface area contributed by atoms with Gasteiger partial charge in [-0.15, -0.1) is 0 Å². The number of aliphatic hydroxyl groups is 1. The van der Waals surface area contributed by atoms with Crippen LogP contribution in [-0.2, 0) is 11.3 Å². The number of nitrogens with one attached hydrogen (secondary N) is 1.